The molecule has 1 saturated heterocycles. The van der Waals surface area contributed by atoms with Crippen molar-refractivity contribution in [1.82, 2.24) is 4.90 Å². The van der Waals surface area contributed by atoms with Gasteiger partial charge in [0.1, 0.15) is 5.75 Å². The Balaban J connectivity index is 1.39. The lowest BCUT2D eigenvalue weighted by atomic mass is 10.0. The first-order chi connectivity index (χ1) is 13.6. The summed E-state index contributed by atoms with van der Waals surface area (Å²) in [7, 11) is 0. The molecule has 0 unspecified atom stereocenters. The fourth-order valence-corrected chi connectivity index (χ4v) is 3.16. The van der Waals surface area contributed by atoms with Gasteiger partial charge in [0.15, 0.2) is 13.2 Å². The summed E-state index contributed by atoms with van der Waals surface area (Å²) in [5, 5.41) is 3.27. The first-order valence-corrected chi connectivity index (χ1v) is 9.58. The standard InChI is InChI=1S/C22H26N2O4/c1-17-6-5-13-24(14-17)21(25)15-28-22(26)16-27-20-11-9-19(10-12-20)23-18-7-3-2-4-8-18/h2-4,7-12,17,23H,5-6,13-16H2,1H3/t17-/m1/s1. The van der Waals surface area contributed by atoms with Crippen molar-refractivity contribution in [1.29, 1.82) is 0 Å². The number of nitrogens with zero attached hydrogens (tertiary/aromatic N) is 1. The van der Waals surface area contributed by atoms with Gasteiger partial charge in [0, 0.05) is 24.5 Å². The van der Waals surface area contributed by atoms with E-state index in [1.807, 2.05) is 42.5 Å². The SMILES string of the molecule is C[C@@H]1CCCN(C(=O)COC(=O)COc2ccc(Nc3ccccc3)cc2)C1. The number of carbonyl (C=O) groups excluding carboxylic acids is 2. The van der Waals surface area contributed by atoms with Crippen LogP contribution >= 0.6 is 0 Å². The largest absolute Gasteiger partial charge is 0.482 e. The molecule has 2 aromatic carbocycles. The Kier molecular flexibility index (Phi) is 6.89. The number of amides is 1. The second-order valence-electron chi connectivity index (χ2n) is 7.05. The van der Waals surface area contributed by atoms with Crippen LogP contribution in [0.15, 0.2) is 54.6 Å². The molecule has 28 heavy (non-hydrogen) atoms. The van der Waals surface area contributed by atoms with Gasteiger partial charge in [-0.05, 0) is 55.2 Å². The molecule has 0 aromatic heterocycles. The predicted octanol–water partition coefficient (Wildman–Crippen LogP) is 3.61. The van der Waals surface area contributed by atoms with Crippen LogP contribution in [0.2, 0.25) is 0 Å². The van der Waals surface area contributed by atoms with Crippen LogP contribution in [0, 0.1) is 5.92 Å². The van der Waals surface area contributed by atoms with E-state index in [1.54, 1.807) is 17.0 Å². The van der Waals surface area contributed by atoms with Crippen LogP contribution in [0.5, 0.6) is 5.75 Å². The van der Waals surface area contributed by atoms with Gasteiger partial charge in [0.05, 0.1) is 0 Å². The Morgan fingerprint density at radius 2 is 1.75 bits per heavy atom. The minimum absolute atomic E-state index is 0.142. The summed E-state index contributed by atoms with van der Waals surface area (Å²) >= 11 is 0. The van der Waals surface area contributed by atoms with E-state index in [9.17, 15) is 9.59 Å². The number of rotatable bonds is 7. The topological polar surface area (TPSA) is 67.9 Å². The molecule has 1 atom stereocenters. The summed E-state index contributed by atoms with van der Waals surface area (Å²) in [6, 6.07) is 17.1. The average molecular weight is 382 g/mol. The van der Waals surface area contributed by atoms with E-state index in [2.05, 4.69) is 12.2 Å². The molecule has 1 aliphatic heterocycles. The number of nitrogens with one attached hydrogen (secondary N) is 1. The molecule has 0 spiro atoms. The van der Waals surface area contributed by atoms with Crippen LogP contribution in [0.3, 0.4) is 0 Å². The number of piperidine rings is 1. The van der Waals surface area contributed by atoms with Crippen LogP contribution in [0.1, 0.15) is 19.8 Å². The van der Waals surface area contributed by atoms with E-state index in [0.717, 1.165) is 37.3 Å². The Bertz CT molecular complexity index is 777. The van der Waals surface area contributed by atoms with Crippen molar-refractivity contribution in [3.63, 3.8) is 0 Å². The highest BCUT2D eigenvalue weighted by atomic mass is 16.6. The maximum absolute atomic E-state index is 12.1. The molecule has 1 fully saturated rings. The van der Waals surface area contributed by atoms with Crippen molar-refractivity contribution in [2.45, 2.75) is 19.8 Å². The summed E-state index contributed by atoms with van der Waals surface area (Å²) in [6.07, 6.45) is 2.14. The van der Waals surface area contributed by atoms with E-state index < -0.39 is 5.97 Å². The highest BCUT2D eigenvalue weighted by Gasteiger charge is 2.21. The summed E-state index contributed by atoms with van der Waals surface area (Å²) in [5.74, 6) is 0.365. The van der Waals surface area contributed by atoms with E-state index >= 15 is 0 Å². The summed E-state index contributed by atoms with van der Waals surface area (Å²) < 4.78 is 10.5. The molecule has 3 rings (SSSR count). The highest BCUT2D eigenvalue weighted by molar-refractivity contribution is 5.81. The van der Waals surface area contributed by atoms with Crippen molar-refractivity contribution < 1.29 is 19.1 Å². The van der Waals surface area contributed by atoms with Gasteiger partial charge in [0.25, 0.3) is 5.91 Å². The molecule has 1 heterocycles. The molecule has 0 radical (unpaired) electrons. The Hall–Kier alpha value is -3.02. The third kappa shape index (κ3) is 6.01. The lowest BCUT2D eigenvalue weighted by Crippen LogP contribution is -2.41. The molecule has 6 heteroatoms. The molecule has 1 N–H and O–H groups in total. The summed E-state index contributed by atoms with van der Waals surface area (Å²) in [5.41, 5.74) is 1.91. The molecule has 1 aliphatic rings. The van der Waals surface area contributed by atoms with E-state index in [4.69, 9.17) is 9.47 Å². The van der Waals surface area contributed by atoms with Crippen molar-refractivity contribution in [2.24, 2.45) is 5.92 Å². The second-order valence-corrected chi connectivity index (χ2v) is 7.05. The first-order valence-electron chi connectivity index (χ1n) is 9.58. The number of likely N-dealkylation sites (tertiary alicyclic amines) is 1. The van der Waals surface area contributed by atoms with E-state index in [1.165, 1.54) is 0 Å². The fraction of sp³-hybridized carbons (Fsp3) is 0.364. The minimum atomic E-state index is -0.551. The van der Waals surface area contributed by atoms with Crippen LogP contribution in [0.4, 0.5) is 11.4 Å². The molecule has 1 amide bonds. The van der Waals surface area contributed by atoms with Gasteiger partial charge in [-0.15, -0.1) is 0 Å². The van der Waals surface area contributed by atoms with Gasteiger partial charge in [-0.3, -0.25) is 4.79 Å². The summed E-state index contributed by atoms with van der Waals surface area (Å²) in [6.45, 7) is 3.14. The molecule has 0 aliphatic carbocycles. The first kappa shape index (κ1) is 19.7. The van der Waals surface area contributed by atoms with Crippen LogP contribution in [-0.2, 0) is 14.3 Å². The number of benzene rings is 2. The molecule has 2 aromatic rings. The van der Waals surface area contributed by atoms with Gasteiger partial charge < -0.3 is 19.7 Å². The van der Waals surface area contributed by atoms with Crippen molar-refractivity contribution in [3.05, 3.63) is 54.6 Å². The Morgan fingerprint density at radius 1 is 1.04 bits per heavy atom. The molecule has 0 bridgehead atoms. The van der Waals surface area contributed by atoms with Crippen LogP contribution < -0.4 is 10.1 Å². The number of ether oxygens (including phenoxy) is 2. The van der Waals surface area contributed by atoms with Gasteiger partial charge in [0.2, 0.25) is 0 Å². The van der Waals surface area contributed by atoms with Crippen LogP contribution in [0.25, 0.3) is 0 Å². The van der Waals surface area contributed by atoms with E-state index in [-0.39, 0.29) is 19.1 Å². The number of para-hydroxylation sites is 1. The van der Waals surface area contributed by atoms with Crippen molar-refractivity contribution >= 4 is 23.3 Å². The third-order valence-corrected chi connectivity index (χ3v) is 4.64. The normalized spacial score (nSPS) is 16.3. The van der Waals surface area contributed by atoms with Crippen molar-refractivity contribution in [3.8, 4) is 5.75 Å². The lowest BCUT2D eigenvalue weighted by Gasteiger charge is -2.30. The monoisotopic (exact) mass is 382 g/mol. The predicted molar refractivity (Wildman–Crippen MR) is 108 cm³/mol. The highest BCUT2D eigenvalue weighted by Crippen LogP contribution is 2.20. The quantitative estimate of drug-likeness (QED) is 0.741. The average Bonchev–Trinajstić information content (AvgIpc) is 2.72. The summed E-state index contributed by atoms with van der Waals surface area (Å²) in [4.78, 5) is 25.7. The zero-order chi connectivity index (χ0) is 19.8. The van der Waals surface area contributed by atoms with Gasteiger partial charge >= 0.3 is 5.97 Å². The number of anilines is 2. The van der Waals surface area contributed by atoms with Gasteiger partial charge in [-0.1, -0.05) is 25.1 Å². The van der Waals surface area contributed by atoms with E-state index in [0.29, 0.717) is 11.7 Å². The fourth-order valence-electron chi connectivity index (χ4n) is 3.16. The molecule has 0 saturated carbocycles. The number of carbonyl (C=O) groups is 2. The number of esters is 1. The smallest absolute Gasteiger partial charge is 0.344 e. The molecular formula is C22H26N2O4. The second kappa shape index (κ2) is 9.78. The van der Waals surface area contributed by atoms with Gasteiger partial charge in [-0.25, -0.2) is 4.79 Å². The molecular weight excluding hydrogens is 356 g/mol. The van der Waals surface area contributed by atoms with Gasteiger partial charge in [-0.2, -0.15) is 0 Å². The minimum Gasteiger partial charge on any atom is -0.482 e. The number of hydrogen-bond acceptors (Lipinski definition) is 5. The zero-order valence-electron chi connectivity index (χ0n) is 16.1. The van der Waals surface area contributed by atoms with Crippen molar-refractivity contribution in [2.75, 3.05) is 31.6 Å². The molecule has 148 valence electrons. The maximum atomic E-state index is 12.1. The Labute approximate surface area is 165 Å². The lowest BCUT2D eigenvalue weighted by molar-refractivity contribution is -0.154. The Morgan fingerprint density at radius 3 is 2.46 bits per heavy atom. The maximum Gasteiger partial charge on any atom is 0.344 e. The molecule has 6 nitrogen and oxygen atoms in total. The third-order valence-electron chi connectivity index (χ3n) is 4.64. The van der Waals surface area contributed by atoms with Crippen LogP contribution in [-0.4, -0.2) is 43.1 Å². The number of hydrogen-bond donors (Lipinski definition) is 1. The zero-order valence-corrected chi connectivity index (χ0v) is 16.1.